The first-order valence-corrected chi connectivity index (χ1v) is 10.4. The van der Waals surface area contributed by atoms with Crippen molar-refractivity contribution in [3.8, 4) is 34.7 Å². The van der Waals surface area contributed by atoms with E-state index in [0.29, 0.717) is 41.5 Å². The Morgan fingerprint density at radius 2 is 2.00 bits per heavy atom. The fourth-order valence-electron chi connectivity index (χ4n) is 3.77. The quantitative estimate of drug-likeness (QED) is 0.549. The van der Waals surface area contributed by atoms with E-state index in [1.165, 1.54) is 12.1 Å². The molecular weight excluding hydrogens is 435 g/mol. The predicted molar refractivity (Wildman–Crippen MR) is 117 cm³/mol. The molecule has 0 unspecified atom stereocenters. The van der Waals surface area contributed by atoms with Crippen LogP contribution in [0.3, 0.4) is 0 Å². The molecule has 1 aliphatic rings. The topological polar surface area (TPSA) is 106 Å². The number of allylic oxidation sites excluding steroid dienone is 1. The van der Waals surface area contributed by atoms with Gasteiger partial charge in [0.15, 0.2) is 0 Å². The fourth-order valence-corrected chi connectivity index (χ4v) is 4.04. The van der Waals surface area contributed by atoms with Crippen LogP contribution in [0.5, 0.6) is 17.4 Å². The molecule has 3 aromatic rings. The summed E-state index contributed by atoms with van der Waals surface area (Å²) in [6.07, 6.45) is 0. The second-order valence-electron chi connectivity index (χ2n) is 6.90. The van der Waals surface area contributed by atoms with Crippen LogP contribution < -0.4 is 19.9 Å². The Labute approximate surface area is 189 Å². The highest BCUT2D eigenvalue weighted by molar-refractivity contribution is 6.31. The first-order chi connectivity index (χ1) is 15.5. The highest BCUT2D eigenvalue weighted by Crippen LogP contribution is 2.49. The molecule has 0 saturated carbocycles. The maximum atomic E-state index is 15.0. The highest BCUT2D eigenvalue weighted by atomic mass is 35.5. The number of hydrogen-bond acceptors (Lipinski definition) is 6. The number of benzene rings is 2. The van der Waals surface area contributed by atoms with Crippen molar-refractivity contribution in [2.24, 2.45) is 5.73 Å². The number of aromatic nitrogens is 2. The Hall–Kier alpha value is -3.70. The lowest BCUT2D eigenvalue weighted by Crippen LogP contribution is -2.21. The number of rotatable bonds is 6. The largest absolute Gasteiger partial charge is 0.494 e. The minimum atomic E-state index is -0.924. The van der Waals surface area contributed by atoms with E-state index in [1.807, 2.05) is 19.9 Å². The minimum Gasteiger partial charge on any atom is -0.494 e. The molecule has 1 atom stereocenters. The number of ether oxygens (including phenoxy) is 3. The first-order valence-electron chi connectivity index (χ1n) is 9.99. The summed E-state index contributed by atoms with van der Waals surface area (Å²) in [5.41, 5.74) is 7.71. The molecule has 0 aliphatic carbocycles. The van der Waals surface area contributed by atoms with E-state index >= 15 is 0 Å². The van der Waals surface area contributed by atoms with E-state index in [9.17, 15) is 9.65 Å². The maximum absolute atomic E-state index is 15.0. The molecule has 32 heavy (non-hydrogen) atoms. The number of nitrogens with one attached hydrogen (secondary N) is 1. The van der Waals surface area contributed by atoms with E-state index in [0.717, 1.165) is 0 Å². The van der Waals surface area contributed by atoms with Gasteiger partial charge in [-0.1, -0.05) is 17.7 Å². The lowest BCUT2D eigenvalue weighted by molar-refractivity contribution is 0.324. The van der Waals surface area contributed by atoms with Crippen LogP contribution >= 0.6 is 11.6 Å². The Kier molecular flexibility index (Phi) is 5.93. The smallest absolute Gasteiger partial charge is 0.244 e. The van der Waals surface area contributed by atoms with E-state index in [2.05, 4.69) is 10.2 Å². The van der Waals surface area contributed by atoms with Gasteiger partial charge in [0.25, 0.3) is 0 Å². The molecular formula is C23H20ClFN4O3. The standard InChI is InChI=1S/C23H20ClFN4O3/c1-3-30-12-8-9-13(17(10-12)31-4-2)21-20-18(19-15(24)6-5-7-16(19)25)14(11-26)22(27)32-23(20)29-28-21/h5-10,18H,3-4,27H2,1-2H3,(H,28,29)/t18-/m0/s1. The number of nitriles is 1. The van der Waals surface area contributed by atoms with Crippen molar-refractivity contribution in [2.75, 3.05) is 13.2 Å². The second-order valence-corrected chi connectivity index (χ2v) is 7.31. The predicted octanol–water partition coefficient (Wildman–Crippen LogP) is 4.88. The van der Waals surface area contributed by atoms with Gasteiger partial charge in [-0.2, -0.15) is 5.26 Å². The third-order valence-corrected chi connectivity index (χ3v) is 5.39. The zero-order valence-corrected chi connectivity index (χ0v) is 18.2. The third kappa shape index (κ3) is 3.61. The Morgan fingerprint density at radius 3 is 2.69 bits per heavy atom. The summed E-state index contributed by atoms with van der Waals surface area (Å²) >= 11 is 6.38. The summed E-state index contributed by atoms with van der Waals surface area (Å²) in [6, 6.07) is 11.7. The Morgan fingerprint density at radius 1 is 1.22 bits per heavy atom. The summed E-state index contributed by atoms with van der Waals surface area (Å²) in [6.45, 7) is 4.66. The number of hydrogen-bond donors (Lipinski definition) is 2. The zero-order chi connectivity index (χ0) is 22.8. The molecule has 0 spiro atoms. The average molecular weight is 455 g/mol. The highest BCUT2D eigenvalue weighted by Gasteiger charge is 2.38. The summed E-state index contributed by atoms with van der Waals surface area (Å²) in [7, 11) is 0. The molecule has 2 heterocycles. The lowest BCUT2D eigenvalue weighted by Gasteiger charge is -2.25. The Balaban J connectivity index is 1.97. The molecule has 9 heteroatoms. The number of H-pyrrole nitrogens is 1. The summed E-state index contributed by atoms with van der Waals surface area (Å²) in [5.74, 6) is -0.340. The van der Waals surface area contributed by atoms with Gasteiger partial charge < -0.3 is 19.9 Å². The molecule has 4 rings (SSSR count). The van der Waals surface area contributed by atoms with Crippen LogP contribution in [-0.4, -0.2) is 23.4 Å². The molecule has 2 aromatic carbocycles. The van der Waals surface area contributed by atoms with E-state index in [-0.39, 0.29) is 27.9 Å². The lowest BCUT2D eigenvalue weighted by atomic mass is 9.82. The van der Waals surface area contributed by atoms with Crippen molar-refractivity contribution < 1.29 is 18.6 Å². The number of fused-ring (bicyclic) bond motifs is 1. The molecule has 164 valence electrons. The molecule has 0 radical (unpaired) electrons. The number of halogens is 2. The molecule has 3 N–H and O–H groups in total. The summed E-state index contributed by atoms with van der Waals surface area (Å²) in [4.78, 5) is 0. The molecule has 1 aliphatic heterocycles. The summed E-state index contributed by atoms with van der Waals surface area (Å²) < 4.78 is 32.0. The van der Waals surface area contributed by atoms with Gasteiger partial charge in [0.2, 0.25) is 11.8 Å². The van der Waals surface area contributed by atoms with Gasteiger partial charge in [-0.15, -0.1) is 5.10 Å². The normalized spacial score (nSPS) is 15.0. The molecule has 0 fully saturated rings. The van der Waals surface area contributed by atoms with Crippen molar-refractivity contribution in [1.82, 2.24) is 10.2 Å². The average Bonchev–Trinajstić information content (AvgIpc) is 3.17. The second kappa shape index (κ2) is 8.81. The van der Waals surface area contributed by atoms with Gasteiger partial charge in [0, 0.05) is 22.2 Å². The van der Waals surface area contributed by atoms with E-state index < -0.39 is 11.7 Å². The van der Waals surface area contributed by atoms with Gasteiger partial charge in [0.1, 0.15) is 29.0 Å². The molecule has 0 bridgehead atoms. The Bertz CT molecular complexity index is 1230. The molecule has 7 nitrogen and oxygen atoms in total. The monoisotopic (exact) mass is 454 g/mol. The van der Waals surface area contributed by atoms with Gasteiger partial charge in [-0.05, 0) is 38.1 Å². The van der Waals surface area contributed by atoms with Crippen molar-refractivity contribution in [3.63, 3.8) is 0 Å². The zero-order valence-electron chi connectivity index (χ0n) is 17.4. The third-order valence-electron chi connectivity index (χ3n) is 5.06. The van der Waals surface area contributed by atoms with Crippen molar-refractivity contribution >= 4 is 11.6 Å². The fraction of sp³-hybridized carbons (Fsp3) is 0.217. The molecule has 1 aromatic heterocycles. The van der Waals surface area contributed by atoms with Crippen LogP contribution in [0.1, 0.15) is 30.9 Å². The van der Waals surface area contributed by atoms with E-state index in [1.54, 1.807) is 24.3 Å². The van der Waals surface area contributed by atoms with Crippen LogP contribution in [0.4, 0.5) is 4.39 Å². The van der Waals surface area contributed by atoms with Gasteiger partial charge >= 0.3 is 0 Å². The molecule has 0 amide bonds. The van der Waals surface area contributed by atoms with Gasteiger partial charge in [0.05, 0.1) is 30.4 Å². The van der Waals surface area contributed by atoms with Gasteiger partial charge in [-0.25, -0.2) is 4.39 Å². The van der Waals surface area contributed by atoms with E-state index in [4.69, 9.17) is 31.5 Å². The maximum Gasteiger partial charge on any atom is 0.244 e. The van der Waals surface area contributed by atoms with Crippen LogP contribution in [0.15, 0.2) is 47.9 Å². The van der Waals surface area contributed by atoms with Crippen LogP contribution in [0.25, 0.3) is 11.3 Å². The summed E-state index contributed by atoms with van der Waals surface area (Å²) in [5, 5.41) is 17.1. The van der Waals surface area contributed by atoms with Crippen LogP contribution in [0, 0.1) is 17.1 Å². The first kappa shape index (κ1) is 21.5. The van der Waals surface area contributed by atoms with Gasteiger partial charge in [-0.3, -0.25) is 5.10 Å². The van der Waals surface area contributed by atoms with Crippen molar-refractivity contribution in [1.29, 1.82) is 5.26 Å². The number of aromatic amines is 1. The minimum absolute atomic E-state index is 0.0380. The van der Waals surface area contributed by atoms with Crippen LogP contribution in [-0.2, 0) is 0 Å². The van der Waals surface area contributed by atoms with Crippen LogP contribution in [0.2, 0.25) is 5.02 Å². The van der Waals surface area contributed by atoms with Crippen molar-refractivity contribution in [2.45, 2.75) is 19.8 Å². The van der Waals surface area contributed by atoms with Crippen molar-refractivity contribution in [3.05, 3.63) is 69.8 Å². The number of nitrogens with zero attached hydrogens (tertiary/aromatic N) is 2. The number of nitrogens with two attached hydrogens (primary N) is 1. The molecule has 0 saturated heterocycles. The SMILES string of the molecule is CCOc1ccc(-c2[nH]nc3c2[C@H](c2c(F)cccc2Cl)C(C#N)=C(N)O3)c(OCC)c1.